The van der Waals surface area contributed by atoms with Crippen molar-refractivity contribution >= 4 is 24.2 Å². The smallest absolute Gasteiger partial charge is 0.241 e. The third kappa shape index (κ3) is 4.81. The first-order valence-electron chi connectivity index (χ1n) is 7.53. The number of carbonyl (C=O) groups excluding carboxylic acids is 2. The summed E-state index contributed by atoms with van der Waals surface area (Å²) in [5, 5.41) is 0. The highest BCUT2D eigenvalue weighted by molar-refractivity contribution is 5.85. The molecule has 0 spiro atoms. The Balaban J connectivity index is 0.00000242. The van der Waals surface area contributed by atoms with Crippen molar-refractivity contribution < 1.29 is 19.1 Å². The molecule has 128 valence electrons. The van der Waals surface area contributed by atoms with Gasteiger partial charge < -0.3 is 25.0 Å². The fourth-order valence-corrected chi connectivity index (χ4v) is 2.91. The second kappa shape index (κ2) is 9.29. The minimum atomic E-state index is -0.646. The predicted molar refractivity (Wildman–Crippen MR) is 83.8 cm³/mol. The lowest BCUT2D eigenvalue weighted by atomic mass is 9.95. The summed E-state index contributed by atoms with van der Waals surface area (Å²) < 4.78 is 10.2. The predicted octanol–water partition coefficient (Wildman–Crippen LogP) is -0.521. The summed E-state index contributed by atoms with van der Waals surface area (Å²) in [5.41, 5.74) is 5.79. The van der Waals surface area contributed by atoms with Gasteiger partial charge in [0.05, 0.1) is 25.7 Å². The van der Waals surface area contributed by atoms with Crippen LogP contribution >= 0.6 is 12.4 Å². The lowest BCUT2D eigenvalue weighted by molar-refractivity contribution is -0.144. The summed E-state index contributed by atoms with van der Waals surface area (Å²) in [5.74, 6) is -0.108. The monoisotopic (exact) mass is 335 g/mol. The van der Waals surface area contributed by atoms with Crippen molar-refractivity contribution in [3.05, 3.63) is 0 Å². The molecule has 2 saturated heterocycles. The molecule has 2 aliphatic rings. The van der Waals surface area contributed by atoms with Gasteiger partial charge in [0, 0.05) is 33.3 Å². The minimum absolute atomic E-state index is 0. The number of amides is 2. The van der Waals surface area contributed by atoms with Crippen LogP contribution in [0.25, 0.3) is 0 Å². The largest absolute Gasteiger partial charge is 0.383 e. The maximum atomic E-state index is 12.5. The van der Waals surface area contributed by atoms with Gasteiger partial charge in [-0.25, -0.2) is 0 Å². The van der Waals surface area contributed by atoms with Gasteiger partial charge in [0.1, 0.15) is 6.04 Å². The van der Waals surface area contributed by atoms with Gasteiger partial charge in [-0.05, 0) is 12.8 Å². The van der Waals surface area contributed by atoms with Gasteiger partial charge in [0.2, 0.25) is 11.8 Å². The van der Waals surface area contributed by atoms with Crippen LogP contribution in [0.3, 0.4) is 0 Å². The summed E-state index contributed by atoms with van der Waals surface area (Å²) in [7, 11) is 1.52. The van der Waals surface area contributed by atoms with Gasteiger partial charge in [0.25, 0.3) is 0 Å². The molecule has 2 unspecified atom stereocenters. The van der Waals surface area contributed by atoms with Gasteiger partial charge in [-0.3, -0.25) is 9.59 Å². The Kier molecular flexibility index (Phi) is 8.09. The summed E-state index contributed by atoms with van der Waals surface area (Å²) in [6.07, 6.45) is 1.67. The van der Waals surface area contributed by atoms with E-state index in [1.165, 1.54) is 7.11 Å². The quantitative estimate of drug-likeness (QED) is 0.747. The Morgan fingerprint density at radius 1 is 1.27 bits per heavy atom. The first-order valence-corrected chi connectivity index (χ1v) is 7.53. The first-order chi connectivity index (χ1) is 10.1. The summed E-state index contributed by atoms with van der Waals surface area (Å²) >= 11 is 0. The number of likely N-dealkylation sites (tertiary alicyclic amines) is 1. The third-order valence-corrected chi connectivity index (χ3v) is 4.07. The van der Waals surface area contributed by atoms with Crippen LogP contribution in [0.5, 0.6) is 0 Å². The Hall–Kier alpha value is -0.890. The van der Waals surface area contributed by atoms with Gasteiger partial charge in [0.15, 0.2) is 0 Å². The molecule has 0 aromatic carbocycles. The molecule has 7 nitrogen and oxygen atoms in total. The number of hydrogen-bond acceptors (Lipinski definition) is 5. The number of ether oxygens (including phenoxy) is 2. The van der Waals surface area contributed by atoms with Crippen molar-refractivity contribution in [1.82, 2.24) is 9.80 Å². The fourth-order valence-electron chi connectivity index (χ4n) is 2.91. The van der Waals surface area contributed by atoms with Crippen molar-refractivity contribution in [3.63, 3.8) is 0 Å². The topological polar surface area (TPSA) is 85.1 Å². The zero-order chi connectivity index (χ0) is 15.2. The van der Waals surface area contributed by atoms with E-state index in [1.54, 1.807) is 4.90 Å². The average molecular weight is 336 g/mol. The van der Waals surface area contributed by atoms with E-state index < -0.39 is 6.04 Å². The van der Waals surface area contributed by atoms with Crippen molar-refractivity contribution in [1.29, 1.82) is 0 Å². The third-order valence-electron chi connectivity index (χ3n) is 4.07. The summed E-state index contributed by atoms with van der Waals surface area (Å²) in [6, 6.07) is -0.646. The molecule has 0 bridgehead atoms. The summed E-state index contributed by atoms with van der Waals surface area (Å²) in [6.45, 7) is 3.82. The van der Waals surface area contributed by atoms with E-state index in [0.29, 0.717) is 39.4 Å². The normalized spacial score (nSPS) is 23.6. The Morgan fingerprint density at radius 2 is 1.95 bits per heavy atom. The van der Waals surface area contributed by atoms with Gasteiger partial charge in [-0.15, -0.1) is 12.4 Å². The molecule has 2 amide bonds. The van der Waals surface area contributed by atoms with Gasteiger partial charge in [-0.1, -0.05) is 0 Å². The highest BCUT2D eigenvalue weighted by atomic mass is 35.5. The molecule has 2 aliphatic heterocycles. The highest BCUT2D eigenvalue weighted by Crippen LogP contribution is 2.20. The van der Waals surface area contributed by atoms with Gasteiger partial charge >= 0.3 is 0 Å². The van der Waals surface area contributed by atoms with Crippen molar-refractivity contribution in [2.24, 2.45) is 11.7 Å². The number of nitrogens with zero attached hydrogens (tertiary/aromatic N) is 2. The van der Waals surface area contributed by atoms with Crippen molar-refractivity contribution in [2.45, 2.75) is 18.9 Å². The zero-order valence-corrected chi connectivity index (χ0v) is 13.8. The van der Waals surface area contributed by atoms with Crippen LogP contribution in [0, 0.1) is 5.92 Å². The van der Waals surface area contributed by atoms with E-state index in [-0.39, 0.29) is 36.7 Å². The SMILES string of the molecule is COCC(N)C(=O)N1CCCC(C(=O)N2CCOCC2)C1.Cl. The Morgan fingerprint density at radius 3 is 2.59 bits per heavy atom. The molecule has 2 fully saturated rings. The van der Waals surface area contributed by atoms with E-state index in [2.05, 4.69) is 0 Å². The first kappa shape index (κ1) is 19.2. The molecule has 0 saturated carbocycles. The standard InChI is InChI=1S/C14H25N3O4.ClH/c1-20-10-12(15)14(19)17-4-2-3-11(9-17)13(18)16-5-7-21-8-6-16;/h11-12H,2-10,15H2,1H3;1H. The molecule has 2 N–H and O–H groups in total. The molecular weight excluding hydrogens is 310 g/mol. The molecule has 2 atom stereocenters. The molecule has 0 aromatic heterocycles. The number of rotatable bonds is 4. The maximum absolute atomic E-state index is 12.5. The lowest BCUT2D eigenvalue weighted by Crippen LogP contribution is -2.53. The van der Waals surface area contributed by atoms with Crippen LogP contribution in [-0.2, 0) is 19.1 Å². The summed E-state index contributed by atoms with van der Waals surface area (Å²) in [4.78, 5) is 28.3. The van der Waals surface area contributed by atoms with Crippen LogP contribution in [0.2, 0.25) is 0 Å². The average Bonchev–Trinajstić information content (AvgIpc) is 2.54. The van der Waals surface area contributed by atoms with E-state index in [9.17, 15) is 9.59 Å². The Bertz CT molecular complexity index is 377. The maximum Gasteiger partial charge on any atom is 0.241 e. The van der Waals surface area contributed by atoms with Crippen LogP contribution < -0.4 is 5.73 Å². The second-order valence-corrected chi connectivity index (χ2v) is 5.62. The molecule has 8 heteroatoms. The number of hydrogen-bond donors (Lipinski definition) is 1. The zero-order valence-electron chi connectivity index (χ0n) is 13.0. The number of methoxy groups -OCH3 is 1. The number of carbonyl (C=O) groups is 2. The lowest BCUT2D eigenvalue weighted by Gasteiger charge is -2.37. The molecule has 0 radical (unpaired) electrons. The second-order valence-electron chi connectivity index (χ2n) is 5.62. The van der Waals surface area contributed by atoms with Crippen molar-refractivity contribution in [2.75, 3.05) is 53.1 Å². The molecule has 2 heterocycles. The van der Waals surface area contributed by atoms with Gasteiger partial charge in [-0.2, -0.15) is 0 Å². The van der Waals surface area contributed by atoms with Crippen LogP contribution in [-0.4, -0.2) is 80.8 Å². The molecule has 0 aliphatic carbocycles. The van der Waals surface area contributed by atoms with Crippen LogP contribution in [0.4, 0.5) is 0 Å². The number of nitrogens with two attached hydrogens (primary N) is 1. The molecule has 22 heavy (non-hydrogen) atoms. The highest BCUT2D eigenvalue weighted by Gasteiger charge is 2.33. The van der Waals surface area contributed by atoms with E-state index >= 15 is 0 Å². The van der Waals surface area contributed by atoms with Crippen LogP contribution in [0.15, 0.2) is 0 Å². The number of morpholine rings is 1. The molecule has 0 aromatic rings. The minimum Gasteiger partial charge on any atom is -0.383 e. The van der Waals surface area contributed by atoms with E-state index in [0.717, 1.165) is 12.8 Å². The number of halogens is 1. The molecule has 2 rings (SSSR count). The van der Waals surface area contributed by atoms with E-state index in [4.69, 9.17) is 15.2 Å². The van der Waals surface area contributed by atoms with Crippen LogP contribution in [0.1, 0.15) is 12.8 Å². The molecular formula is C14H26ClN3O4. The van der Waals surface area contributed by atoms with Crippen molar-refractivity contribution in [3.8, 4) is 0 Å². The fraction of sp³-hybridized carbons (Fsp3) is 0.857. The Labute approximate surface area is 137 Å². The van der Waals surface area contributed by atoms with E-state index in [1.807, 2.05) is 4.90 Å². The number of piperidine rings is 1.